The molecule has 0 radical (unpaired) electrons. The second kappa shape index (κ2) is 7.89. The molecule has 1 aromatic rings. The monoisotopic (exact) mass is 456 g/mol. The number of hydrogen-bond donors (Lipinski definition) is 1. The van der Waals surface area contributed by atoms with Crippen molar-refractivity contribution >= 4 is 33.8 Å². The summed E-state index contributed by atoms with van der Waals surface area (Å²) in [5.41, 5.74) is -0.835. The van der Waals surface area contributed by atoms with Crippen molar-refractivity contribution in [1.82, 2.24) is 4.90 Å². The maximum absolute atomic E-state index is 13.4. The van der Waals surface area contributed by atoms with Gasteiger partial charge in [-0.1, -0.05) is 0 Å². The van der Waals surface area contributed by atoms with Gasteiger partial charge in [-0.25, -0.2) is 14.0 Å². The van der Waals surface area contributed by atoms with Crippen LogP contribution in [0.5, 0.6) is 0 Å². The summed E-state index contributed by atoms with van der Waals surface area (Å²) in [4.78, 5) is 26.9. The van der Waals surface area contributed by atoms with E-state index < -0.39 is 23.1 Å². The summed E-state index contributed by atoms with van der Waals surface area (Å²) in [7, 11) is 0. The van der Waals surface area contributed by atoms with Gasteiger partial charge >= 0.3 is 12.2 Å². The normalized spacial score (nSPS) is 24.0. The van der Waals surface area contributed by atoms with E-state index in [0.29, 0.717) is 10.2 Å². The topological polar surface area (TPSA) is 67.9 Å². The van der Waals surface area contributed by atoms with E-state index in [0.717, 1.165) is 32.1 Å². The highest BCUT2D eigenvalue weighted by atomic mass is 79.9. The molecule has 28 heavy (non-hydrogen) atoms. The number of carbonyl (C=O) groups is 2. The maximum atomic E-state index is 13.4. The summed E-state index contributed by atoms with van der Waals surface area (Å²) < 4.78 is 25.0. The van der Waals surface area contributed by atoms with Crippen molar-refractivity contribution in [2.24, 2.45) is 0 Å². The molecule has 154 valence electrons. The highest BCUT2D eigenvalue weighted by Crippen LogP contribution is 2.45. The van der Waals surface area contributed by atoms with Crippen molar-refractivity contribution in [1.29, 1.82) is 0 Å². The lowest BCUT2D eigenvalue weighted by atomic mass is 9.89. The number of rotatable bonds is 3. The Balaban J connectivity index is 1.68. The van der Waals surface area contributed by atoms with Gasteiger partial charge < -0.3 is 9.47 Å². The molecular weight excluding hydrogens is 431 g/mol. The van der Waals surface area contributed by atoms with Crippen molar-refractivity contribution in [2.45, 2.75) is 70.1 Å². The molecule has 0 unspecified atom stereocenters. The van der Waals surface area contributed by atoms with E-state index in [4.69, 9.17) is 9.47 Å². The van der Waals surface area contributed by atoms with Gasteiger partial charge in [0.1, 0.15) is 18.0 Å². The largest absolute Gasteiger partial charge is 0.447 e. The van der Waals surface area contributed by atoms with Crippen molar-refractivity contribution in [3.05, 3.63) is 28.5 Å². The van der Waals surface area contributed by atoms with Gasteiger partial charge in [-0.3, -0.25) is 10.2 Å². The van der Waals surface area contributed by atoms with E-state index in [2.05, 4.69) is 21.2 Å². The molecule has 0 saturated carbocycles. The average Bonchev–Trinajstić information content (AvgIpc) is 2.82. The predicted molar refractivity (Wildman–Crippen MR) is 107 cm³/mol. The number of nitrogens with one attached hydrogen (secondary N) is 1. The number of ether oxygens (including phenoxy) is 2. The second-order valence-electron chi connectivity index (χ2n) is 8.48. The van der Waals surface area contributed by atoms with E-state index in [-0.39, 0.29) is 18.7 Å². The van der Waals surface area contributed by atoms with Gasteiger partial charge in [-0.15, -0.1) is 0 Å². The van der Waals surface area contributed by atoms with E-state index in [9.17, 15) is 14.0 Å². The van der Waals surface area contributed by atoms with Gasteiger partial charge in [0.2, 0.25) is 0 Å². The first-order valence-electron chi connectivity index (χ1n) is 9.51. The summed E-state index contributed by atoms with van der Waals surface area (Å²) in [5, 5.41) is 2.55. The summed E-state index contributed by atoms with van der Waals surface area (Å²) in [5.74, 6) is -0.459. The van der Waals surface area contributed by atoms with E-state index in [1.807, 2.05) is 20.8 Å². The summed E-state index contributed by atoms with van der Waals surface area (Å²) in [6, 6.07) is 4.13. The second-order valence-corrected chi connectivity index (χ2v) is 9.34. The zero-order chi connectivity index (χ0) is 20.5. The summed E-state index contributed by atoms with van der Waals surface area (Å²) in [6.45, 7) is 5.60. The third-order valence-electron chi connectivity index (χ3n) is 5.23. The van der Waals surface area contributed by atoms with E-state index in [1.165, 1.54) is 18.2 Å². The third kappa shape index (κ3) is 4.59. The van der Waals surface area contributed by atoms with Gasteiger partial charge in [0.25, 0.3) is 0 Å². The molecule has 2 bridgehead atoms. The Hall–Kier alpha value is -1.83. The number of fused-ring (bicyclic) bond motifs is 2. The molecule has 1 aromatic carbocycles. The van der Waals surface area contributed by atoms with Gasteiger partial charge in [-0.05, 0) is 87.0 Å². The molecule has 6 nitrogen and oxygen atoms in total. The van der Waals surface area contributed by atoms with Gasteiger partial charge in [0, 0.05) is 10.5 Å². The minimum absolute atomic E-state index is 0.0848. The van der Waals surface area contributed by atoms with Crippen molar-refractivity contribution < 1.29 is 23.5 Å². The third-order valence-corrected chi connectivity index (χ3v) is 5.92. The number of carbonyl (C=O) groups excluding carboxylic acids is 2. The Kier molecular flexibility index (Phi) is 5.89. The number of benzene rings is 1. The highest BCUT2D eigenvalue weighted by Gasteiger charge is 2.53. The molecule has 8 heteroatoms. The number of nitrogens with zero attached hydrogens (tertiary/aromatic N) is 1. The quantitative estimate of drug-likeness (QED) is 0.655. The number of piperidine rings is 1. The Bertz CT molecular complexity index is 763. The molecule has 1 N–H and O–H groups in total. The van der Waals surface area contributed by atoms with Crippen LogP contribution in [0.2, 0.25) is 0 Å². The van der Waals surface area contributed by atoms with Gasteiger partial charge in [0.15, 0.2) is 0 Å². The lowest BCUT2D eigenvalue weighted by Crippen LogP contribution is -2.57. The van der Waals surface area contributed by atoms with Crippen LogP contribution >= 0.6 is 15.9 Å². The van der Waals surface area contributed by atoms with Crippen LogP contribution in [0.1, 0.15) is 52.9 Å². The van der Waals surface area contributed by atoms with Crippen LogP contribution in [0.3, 0.4) is 0 Å². The highest BCUT2D eigenvalue weighted by molar-refractivity contribution is 9.10. The minimum atomic E-state index is -0.682. The Morgan fingerprint density at radius 3 is 2.79 bits per heavy atom. The summed E-state index contributed by atoms with van der Waals surface area (Å²) >= 11 is 3.27. The molecule has 0 aliphatic carbocycles. The molecule has 2 aliphatic rings. The van der Waals surface area contributed by atoms with Gasteiger partial charge in [-0.2, -0.15) is 0 Å². The Morgan fingerprint density at radius 1 is 1.32 bits per heavy atom. The maximum Gasteiger partial charge on any atom is 0.411 e. The molecule has 2 amide bonds. The SMILES string of the molecule is CC(C)(C)OC(=O)N1[C@@H]2CCC[C@@]1(COC(=O)Nc1cc(F)ccc1Br)CC2. The Labute approximate surface area is 172 Å². The van der Waals surface area contributed by atoms with Crippen molar-refractivity contribution in [3.8, 4) is 0 Å². The smallest absolute Gasteiger partial charge is 0.411 e. The molecule has 0 aromatic heterocycles. The average molecular weight is 457 g/mol. The van der Waals surface area contributed by atoms with Crippen LogP contribution < -0.4 is 5.32 Å². The molecule has 2 aliphatic heterocycles. The van der Waals surface area contributed by atoms with Crippen LogP contribution in [-0.4, -0.2) is 40.9 Å². The molecule has 2 atom stereocenters. The number of amides is 2. The molecule has 2 fully saturated rings. The first-order chi connectivity index (χ1) is 13.1. The standard InChI is InChI=1S/C20H26BrFN2O4/c1-19(2,3)28-18(26)24-14-5-4-9-20(24,10-8-14)12-27-17(25)23-16-11-13(22)6-7-15(16)21/h6-7,11,14H,4-5,8-10,12H2,1-3H3,(H,23,25)/t14-,20+/m1/s1. The van der Waals surface area contributed by atoms with Crippen LogP contribution in [0.15, 0.2) is 22.7 Å². The van der Waals surface area contributed by atoms with Gasteiger partial charge in [0.05, 0.1) is 11.2 Å². The molecule has 2 heterocycles. The fraction of sp³-hybridized carbons (Fsp3) is 0.600. The molecule has 3 rings (SSSR count). The fourth-order valence-corrected chi connectivity index (χ4v) is 4.41. The van der Waals surface area contributed by atoms with Crippen LogP contribution in [-0.2, 0) is 9.47 Å². The van der Waals surface area contributed by atoms with E-state index in [1.54, 1.807) is 4.90 Å². The first kappa shape index (κ1) is 20.9. The molecular formula is C20H26BrFN2O4. The van der Waals surface area contributed by atoms with Crippen LogP contribution in [0, 0.1) is 5.82 Å². The zero-order valence-corrected chi connectivity index (χ0v) is 18.0. The number of halogens is 2. The number of anilines is 1. The predicted octanol–water partition coefficient (Wildman–Crippen LogP) is 5.46. The van der Waals surface area contributed by atoms with Crippen LogP contribution in [0.4, 0.5) is 19.7 Å². The fourth-order valence-electron chi connectivity index (χ4n) is 4.06. The summed E-state index contributed by atoms with van der Waals surface area (Å²) in [6.07, 6.45) is 3.28. The number of hydrogen-bond acceptors (Lipinski definition) is 4. The lowest BCUT2D eigenvalue weighted by molar-refractivity contribution is -0.0313. The first-order valence-corrected chi connectivity index (χ1v) is 10.3. The zero-order valence-electron chi connectivity index (χ0n) is 16.4. The van der Waals surface area contributed by atoms with Crippen LogP contribution in [0.25, 0.3) is 0 Å². The minimum Gasteiger partial charge on any atom is -0.447 e. The van der Waals surface area contributed by atoms with Crippen molar-refractivity contribution in [2.75, 3.05) is 11.9 Å². The van der Waals surface area contributed by atoms with Crippen molar-refractivity contribution in [3.63, 3.8) is 0 Å². The van der Waals surface area contributed by atoms with E-state index >= 15 is 0 Å². The lowest BCUT2D eigenvalue weighted by Gasteiger charge is -2.44. The molecule has 2 saturated heterocycles. The molecule has 0 spiro atoms. The Morgan fingerprint density at radius 2 is 2.07 bits per heavy atom.